The Morgan fingerprint density at radius 3 is 2.36 bits per heavy atom. The Bertz CT molecular complexity index is 1220. The van der Waals surface area contributed by atoms with Crippen molar-refractivity contribution in [3.63, 3.8) is 0 Å². The monoisotopic (exact) mass is 385 g/mol. The molecule has 0 radical (unpaired) electrons. The van der Waals surface area contributed by atoms with Crippen LogP contribution in [0, 0.1) is 0 Å². The number of aromatic nitrogens is 1. The normalized spacial score (nSPS) is 11.6. The highest BCUT2D eigenvalue weighted by atomic mass is 79.9. The van der Waals surface area contributed by atoms with Gasteiger partial charge in [-0.15, -0.1) is 0 Å². The molecule has 25 heavy (non-hydrogen) atoms. The van der Waals surface area contributed by atoms with Crippen molar-refractivity contribution in [3.8, 4) is 0 Å². The van der Waals surface area contributed by atoms with E-state index in [2.05, 4.69) is 105 Å². The summed E-state index contributed by atoms with van der Waals surface area (Å²) in [6, 6.07) is 30.3. The number of rotatable bonds is 2. The zero-order valence-electron chi connectivity index (χ0n) is 13.6. The average Bonchev–Trinajstić information content (AvgIpc) is 2.98. The Labute approximate surface area is 154 Å². The first-order valence-corrected chi connectivity index (χ1v) is 9.24. The molecule has 120 valence electrons. The predicted octanol–water partition coefficient (Wildman–Crippen LogP) is 6.76. The van der Waals surface area contributed by atoms with Crippen LogP contribution in [0.25, 0.3) is 32.6 Å². The maximum atomic E-state index is 3.77. The molecule has 5 rings (SSSR count). The summed E-state index contributed by atoms with van der Waals surface area (Å²) >= 11 is 3.77. The van der Waals surface area contributed by atoms with Crippen LogP contribution in [-0.2, 0) is 6.54 Å². The lowest BCUT2D eigenvalue weighted by molar-refractivity contribution is 0.871. The van der Waals surface area contributed by atoms with Gasteiger partial charge in [0.25, 0.3) is 0 Å². The van der Waals surface area contributed by atoms with Crippen molar-refractivity contribution in [3.05, 3.63) is 95.0 Å². The molecule has 0 amide bonds. The van der Waals surface area contributed by atoms with Crippen LogP contribution in [-0.4, -0.2) is 4.57 Å². The van der Waals surface area contributed by atoms with Crippen molar-refractivity contribution in [2.45, 2.75) is 6.54 Å². The summed E-state index contributed by atoms with van der Waals surface area (Å²) in [6.45, 7) is 0.866. The second-order valence-corrected chi connectivity index (χ2v) is 7.24. The van der Waals surface area contributed by atoms with Crippen molar-refractivity contribution >= 4 is 48.5 Å². The van der Waals surface area contributed by atoms with Gasteiger partial charge < -0.3 is 4.57 Å². The highest BCUT2D eigenvalue weighted by Gasteiger charge is 2.15. The molecule has 0 spiro atoms. The van der Waals surface area contributed by atoms with E-state index >= 15 is 0 Å². The molecule has 0 fully saturated rings. The molecule has 4 aromatic carbocycles. The third kappa shape index (κ3) is 2.29. The number of benzene rings is 4. The summed E-state index contributed by atoms with van der Waals surface area (Å²) < 4.78 is 3.60. The molecule has 0 bridgehead atoms. The van der Waals surface area contributed by atoms with Crippen LogP contribution in [0.1, 0.15) is 5.56 Å². The van der Waals surface area contributed by atoms with Gasteiger partial charge in [-0.2, -0.15) is 0 Å². The van der Waals surface area contributed by atoms with Gasteiger partial charge in [0.15, 0.2) is 0 Å². The van der Waals surface area contributed by atoms with Crippen molar-refractivity contribution in [2.75, 3.05) is 0 Å². The third-order valence-corrected chi connectivity index (χ3v) is 5.57. The Morgan fingerprint density at radius 1 is 0.680 bits per heavy atom. The molecule has 0 unspecified atom stereocenters. The maximum Gasteiger partial charge on any atom is 0.0574 e. The van der Waals surface area contributed by atoms with Crippen LogP contribution in [0.15, 0.2) is 89.4 Å². The van der Waals surface area contributed by atoms with Crippen molar-refractivity contribution in [1.29, 1.82) is 0 Å². The molecule has 0 aliphatic carbocycles. The Kier molecular flexibility index (Phi) is 3.39. The minimum absolute atomic E-state index is 0.866. The van der Waals surface area contributed by atoms with Gasteiger partial charge in [0.1, 0.15) is 0 Å². The maximum absolute atomic E-state index is 3.77. The van der Waals surface area contributed by atoms with Gasteiger partial charge >= 0.3 is 0 Å². The summed E-state index contributed by atoms with van der Waals surface area (Å²) in [5.41, 5.74) is 3.89. The molecule has 1 aromatic heterocycles. The van der Waals surface area contributed by atoms with Crippen molar-refractivity contribution in [1.82, 2.24) is 4.57 Å². The SMILES string of the molecule is Brc1cccc2c1c1ccc3ccccc3c1n2Cc1ccccc1. The number of fused-ring (bicyclic) bond motifs is 5. The van der Waals surface area contributed by atoms with Gasteiger partial charge in [0.2, 0.25) is 0 Å². The quantitative estimate of drug-likeness (QED) is 0.316. The second kappa shape index (κ2) is 5.75. The highest BCUT2D eigenvalue weighted by molar-refractivity contribution is 9.10. The van der Waals surface area contributed by atoms with Crippen LogP contribution in [0.5, 0.6) is 0 Å². The molecule has 0 saturated carbocycles. The average molecular weight is 386 g/mol. The molecule has 0 N–H and O–H groups in total. The lowest BCUT2D eigenvalue weighted by Gasteiger charge is -2.10. The van der Waals surface area contributed by atoms with E-state index in [4.69, 9.17) is 0 Å². The molecular formula is C23H16BrN. The van der Waals surface area contributed by atoms with Crippen LogP contribution in [0.3, 0.4) is 0 Å². The van der Waals surface area contributed by atoms with Crippen molar-refractivity contribution < 1.29 is 0 Å². The summed E-state index contributed by atoms with van der Waals surface area (Å²) in [6.07, 6.45) is 0. The van der Waals surface area contributed by atoms with Gasteiger partial charge in [0, 0.05) is 27.2 Å². The fourth-order valence-corrected chi connectivity index (χ4v) is 4.37. The standard InChI is InChI=1S/C23H16BrN/c24-20-11-6-12-21-22(20)19-14-13-17-9-4-5-10-18(17)23(19)25(21)15-16-7-2-1-3-8-16/h1-14H,15H2. The first-order valence-electron chi connectivity index (χ1n) is 8.45. The Balaban J connectivity index is 1.95. The van der Waals surface area contributed by atoms with E-state index in [1.165, 1.54) is 38.1 Å². The van der Waals surface area contributed by atoms with Crippen molar-refractivity contribution in [2.24, 2.45) is 0 Å². The molecule has 0 saturated heterocycles. The highest BCUT2D eigenvalue weighted by Crippen LogP contribution is 2.38. The molecule has 1 nitrogen and oxygen atoms in total. The van der Waals surface area contributed by atoms with Gasteiger partial charge in [-0.25, -0.2) is 0 Å². The van der Waals surface area contributed by atoms with Gasteiger partial charge in [-0.3, -0.25) is 0 Å². The van der Waals surface area contributed by atoms with Crippen LogP contribution in [0.4, 0.5) is 0 Å². The number of halogens is 1. The summed E-state index contributed by atoms with van der Waals surface area (Å²) in [5.74, 6) is 0. The largest absolute Gasteiger partial charge is 0.335 e. The zero-order valence-corrected chi connectivity index (χ0v) is 15.2. The van der Waals surface area contributed by atoms with Gasteiger partial charge in [-0.1, -0.05) is 88.7 Å². The first kappa shape index (κ1) is 14.7. The lowest BCUT2D eigenvalue weighted by atomic mass is 10.1. The van der Waals surface area contributed by atoms with Crippen LogP contribution < -0.4 is 0 Å². The lowest BCUT2D eigenvalue weighted by Crippen LogP contribution is -1.99. The summed E-state index contributed by atoms with van der Waals surface area (Å²) in [4.78, 5) is 0. The van der Waals surface area contributed by atoms with E-state index in [0.717, 1.165) is 11.0 Å². The van der Waals surface area contributed by atoms with Crippen LogP contribution in [0.2, 0.25) is 0 Å². The molecule has 0 aliphatic rings. The second-order valence-electron chi connectivity index (χ2n) is 6.39. The van der Waals surface area contributed by atoms with E-state index in [1.807, 2.05) is 0 Å². The Hall–Kier alpha value is -2.58. The topological polar surface area (TPSA) is 4.93 Å². The minimum Gasteiger partial charge on any atom is -0.335 e. The van der Waals surface area contributed by atoms with Crippen LogP contribution >= 0.6 is 15.9 Å². The molecular weight excluding hydrogens is 370 g/mol. The van der Waals surface area contributed by atoms with E-state index in [-0.39, 0.29) is 0 Å². The molecule has 5 aromatic rings. The molecule has 2 heteroatoms. The predicted molar refractivity (Wildman–Crippen MR) is 110 cm³/mol. The number of hydrogen-bond donors (Lipinski definition) is 0. The smallest absolute Gasteiger partial charge is 0.0574 e. The van der Waals surface area contributed by atoms with E-state index in [1.54, 1.807) is 0 Å². The van der Waals surface area contributed by atoms with E-state index < -0.39 is 0 Å². The fraction of sp³-hybridized carbons (Fsp3) is 0.0435. The minimum atomic E-state index is 0.866. The van der Waals surface area contributed by atoms with Gasteiger partial charge in [0.05, 0.1) is 11.0 Å². The Morgan fingerprint density at radius 2 is 1.48 bits per heavy atom. The molecule has 0 aliphatic heterocycles. The van der Waals surface area contributed by atoms with Gasteiger partial charge in [-0.05, 0) is 23.1 Å². The molecule has 1 heterocycles. The fourth-order valence-electron chi connectivity index (χ4n) is 3.80. The summed E-state index contributed by atoms with van der Waals surface area (Å²) in [5, 5.41) is 5.18. The van der Waals surface area contributed by atoms with E-state index in [0.29, 0.717) is 0 Å². The number of hydrogen-bond acceptors (Lipinski definition) is 0. The molecule has 0 atom stereocenters. The first-order chi connectivity index (χ1) is 12.3. The zero-order chi connectivity index (χ0) is 16.8. The summed E-state index contributed by atoms with van der Waals surface area (Å²) in [7, 11) is 0. The third-order valence-electron chi connectivity index (χ3n) is 4.91. The van der Waals surface area contributed by atoms with E-state index in [9.17, 15) is 0 Å². The number of nitrogens with zero attached hydrogens (tertiary/aromatic N) is 1.